The van der Waals surface area contributed by atoms with Crippen molar-refractivity contribution in [2.75, 3.05) is 62.8 Å². The largest absolute Gasteiger partial charge is 0.496 e. The summed E-state index contributed by atoms with van der Waals surface area (Å²) in [5, 5.41) is 3.04. The van der Waals surface area contributed by atoms with Gasteiger partial charge in [-0.3, -0.25) is 4.31 Å². The fraction of sp³-hybridized carbons (Fsp3) is 0.480. The molecule has 2 aromatic rings. The van der Waals surface area contributed by atoms with E-state index in [1.165, 1.54) is 10.6 Å². The normalized spacial score (nSPS) is 16.9. The second kappa shape index (κ2) is 9.37. The van der Waals surface area contributed by atoms with Crippen molar-refractivity contribution in [2.45, 2.75) is 24.7 Å². The molecule has 1 spiro atoms. The SMILES string of the molecule is COc1cc(N(C)C)ccc1CCNC(=O)N1CCC2(CC1)CN(S(C)(=O)=O)c1ccccc12. The maximum absolute atomic E-state index is 12.8. The number of piperidine rings is 1. The fourth-order valence-electron chi connectivity index (χ4n) is 5.08. The molecule has 9 heteroatoms. The molecule has 1 fully saturated rings. The lowest BCUT2D eigenvalue weighted by atomic mass is 9.74. The highest BCUT2D eigenvalue weighted by Gasteiger charge is 2.47. The molecule has 184 valence electrons. The Labute approximate surface area is 202 Å². The van der Waals surface area contributed by atoms with Gasteiger partial charge in [-0.1, -0.05) is 24.3 Å². The average molecular weight is 487 g/mol. The molecule has 0 aliphatic carbocycles. The van der Waals surface area contributed by atoms with Crippen molar-refractivity contribution >= 4 is 27.4 Å². The Kier molecular flexibility index (Phi) is 6.66. The van der Waals surface area contributed by atoms with Crippen LogP contribution >= 0.6 is 0 Å². The van der Waals surface area contributed by atoms with Gasteiger partial charge in [0.1, 0.15) is 5.75 Å². The molecule has 34 heavy (non-hydrogen) atoms. The quantitative estimate of drug-likeness (QED) is 0.679. The number of hydrogen-bond acceptors (Lipinski definition) is 5. The highest BCUT2D eigenvalue weighted by Crippen LogP contribution is 2.47. The number of fused-ring (bicyclic) bond motifs is 2. The summed E-state index contributed by atoms with van der Waals surface area (Å²) in [6, 6.07) is 13.8. The molecular weight excluding hydrogens is 452 g/mol. The number of likely N-dealkylation sites (tertiary alicyclic amines) is 1. The lowest BCUT2D eigenvalue weighted by molar-refractivity contribution is 0.162. The summed E-state index contributed by atoms with van der Waals surface area (Å²) in [5.74, 6) is 0.815. The van der Waals surface area contributed by atoms with Gasteiger partial charge in [0.05, 0.1) is 19.1 Å². The van der Waals surface area contributed by atoms with Gasteiger partial charge in [-0.2, -0.15) is 0 Å². The van der Waals surface area contributed by atoms with E-state index < -0.39 is 10.0 Å². The van der Waals surface area contributed by atoms with Gasteiger partial charge < -0.3 is 19.9 Å². The number of para-hydroxylation sites is 1. The molecule has 0 bridgehead atoms. The van der Waals surface area contributed by atoms with Crippen molar-refractivity contribution in [1.29, 1.82) is 0 Å². The van der Waals surface area contributed by atoms with E-state index in [2.05, 4.69) is 5.32 Å². The monoisotopic (exact) mass is 486 g/mol. The molecular formula is C25H34N4O4S. The molecule has 2 aliphatic heterocycles. The number of carbonyl (C=O) groups excluding carboxylic acids is 1. The van der Waals surface area contributed by atoms with Gasteiger partial charge in [0.2, 0.25) is 10.0 Å². The van der Waals surface area contributed by atoms with E-state index in [9.17, 15) is 13.2 Å². The average Bonchev–Trinajstić information content (AvgIpc) is 3.14. The minimum atomic E-state index is -3.35. The third kappa shape index (κ3) is 4.66. The van der Waals surface area contributed by atoms with Gasteiger partial charge in [0, 0.05) is 57.4 Å². The fourth-order valence-corrected chi connectivity index (χ4v) is 6.08. The van der Waals surface area contributed by atoms with Crippen molar-refractivity contribution in [1.82, 2.24) is 10.2 Å². The number of sulfonamides is 1. The van der Waals surface area contributed by atoms with Crippen LogP contribution in [0.1, 0.15) is 24.0 Å². The number of nitrogens with one attached hydrogen (secondary N) is 1. The first-order valence-electron chi connectivity index (χ1n) is 11.6. The summed E-state index contributed by atoms with van der Waals surface area (Å²) in [5.41, 5.74) is 3.73. The molecule has 0 atom stereocenters. The number of urea groups is 1. The molecule has 1 N–H and O–H groups in total. The third-order valence-electron chi connectivity index (χ3n) is 7.06. The predicted molar refractivity (Wildman–Crippen MR) is 136 cm³/mol. The van der Waals surface area contributed by atoms with Gasteiger partial charge in [-0.25, -0.2) is 13.2 Å². The highest BCUT2D eigenvalue weighted by molar-refractivity contribution is 7.92. The molecule has 4 rings (SSSR count). The van der Waals surface area contributed by atoms with Gasteiger partial charge in [0.15, 0.2) is 0 Å². The predicted octanol–water partition coefficient (Wildman–Crippen LogP) is 2.83. The first kappa shape index (κ1) is 24.2. The minimum Gasteiger partial charge on any atom is -0.496 e. The summed E-state index contributed by atoms with van der Waals surface area (Å²) in [6.07, 6.45) is 3.41. The number of amides is 2. The maximum Gasteiger partial charge on any atom is 0.317 e. The maximum atomic E-state index is 12.8. The summed E-state index contributed by atoms with van der Waals surface area (Å²) in [4.78, 5) is 16.7. The van der Waals surface area contributed by atoms with Crippen LogP contribution in [0.2, 0.25) is 0 Å². The Morgan fingerprint density at radius 1 is 1.15 bits per heavy atom. The number of carbonyl (C=O) groups is 1. The van der Waals surface area contributed by atoms with Gasteiger partial charge >= 0.3 is 6.03 Å². The Hall–Kier alpha value is -2.94. The van der Waals surface area contributed by atoms with Crippen molar-refractivity contribution < 1.29 is 17.9 Å². The minimum absolute atomic E-state index is 0.0787. The lowest BCUT2D eigenvalue weighted by Gasteiger charge is -2.39. The molecule has 2 aliphatic rings. The third-order valence-corrected chi connectivity index (χ3v) is 8.18. The van der Waals surface area contributed by atoms with Crippen LogP contribution in [0.5, 0.6) is 5.75 Å². The number of hydrogen-bond donors (Lipinski definition) is 1. The number of ether oxygens (including phenoxy) is 1. The molecule has 0 radical (unpaired) electrons. The summed E-state index contributed by atoms with van der Waals surface area (Å²) in [6.45, 7) is 2.16. The number of nitrogens with zero attached hydrogens (tertiary/aromatic N) is 3. The van der Waals surface area contributed by atoms with Crippen LogP contribution in [0.3, 0.4) is 0 Å². The summed E-state index contributed by atoms with van der Waals surface area (Å²) < 4.78 is 31.8. The molecule has 1 saturated heterocycles. The van der Waals surface area contributed by atoms with E-state index in [4.69, 9.17) is 4.74 Å². The van der Waals surface area contributed by atoms with Gasteiger partial charge in [-0.05, 0) is 42.5 Å². The molecule has 0 aromatic heterocycles. The Bertz CT molecular complexity index is 1160. The van der Waals surface area contributed by atoms with E-state index in [0.29, 0.717) is 32.6 Å². The van der Waals surface area contributed by atoms with Crippen LogP contribution in [0, 0.1) is 0 Å². The highest BCUT2D eigenvalue weighted by atomic mass is 32.2. The van der Waals surface area contributed by atoms with Crippen molar-refractivity contribution in [3.63, 3.8) is 0 Å². The molecule has 2 aromatic carbocycles. The summed E-state index contributed by atoms with van der Waals surface area (Å²) >= 11 is 0. The number of rotatable bonds is 6. The second-order valence-electron chi connectivity index (χ2n) is 9.43. The number of anilines is 2. The van der Waals surface area contributed by atoms with E-state index >= 15 is 0 Å². The van der Waals surface area contributed by atoms with Crippen molar-refractivity contribution in [3.05, 3.63) is 53.6 Å². The Morgan fingerprint density at radius 3 is 2.50 bits per heavy atom. The Morgan fingerprint density at radius 2 is 1.85 bits per heavy atom. The first-order valence-corrected chi connectivity index (χ1v) is 13.4. The summed E-state index contributed by atoms with van der Waals surface area (Å²) in [7, 11) is 2.29. The molecule has 0 unspecified atom stereocenters. The van der Waals surface area contributed by atoms with Gasteiger partial charge in [-0.15, -0.1) is 0 Å². The zero-order valence-corrected chi connectivity index (χ0v) is 21.2. The van der Waals surface area contributed by atoms with Crippen LogP contribution in [0.4, 0.5) is 16.2 Å². The van der Waals surface area contributed by atoms with E-state index in [1.54, 1.807) is 7.11 Å². The van der Waals surface area contributed by atoms with E-state index in [-0.39, 0.29) is 11.4 Å². The van der Waals surface area contributed by atoms with Gasteiger partial charge in [0.25, 0.3) is 0 Å². The lowest BCUT2D eigenvalue weighted by Crippen LogP contribution is -2.50. The molecule has 8 nitrogen and oxygen atoms in total. The van der Waals surface area contributed by atoms with E-state index in [0.717, 1.165) is 41.1 Å². The van der Waals surface area contributed by atoms with Crippen molar-refractivity contribution in [2.24, 2.45) is 0 Å². The van der Waals surface area contributed by atoms with Crippen LogP contribution in [0.15, 0.2) is 42.5 Å². The standard InChI is InChI=1S/C25H34N4O4S/c1-27(2)20-10-9-19(23(17-20)33-3)11-14-26-24(30)28-15-12-25(13-16-28)18-29(34(4,31)32)22-8-6-5-7-21(22)25/h5-10,17H,11-16,18H2,1-4H3,(H,26,30). The topological polar surface area (TPSA) is 82.2 Å². The zero-order chi connectivity index (χ0) is 24.5. The van der Waals surface area contributed by atoms with E-state index in [1.807, 2.05) is 66.4 Å². The molecule has 2 amide bonds. The molecule has 2 heterocycles. The second-order valence-corrected chi connectivity index (χ2v) is 11.3. The van der Waals surface area contributed by atoms with Crippen LogP contribution in [0.25, 0.3) is 0 Å². The first-order chi connectivity index (χ1) is 16.1. The van der Waals surface area contributed by atoms with Crippen LogP contribution < -0.4 is 19.3 Å². The van der Waals surface area contributed by atoms with Crippen LogP contribution in [-0.2, 0) is 21.9 Å². The molecule has 0 saturated carbocycles. The smallest absolute Gasteiger partial charge is 0.317 e. The number of methoxy groups -OCH3 is 1. The number of benzene rings is 2. The van der Waals surface area contributed by atoms with Crippen LogP contribution in [-0.4, -0.2) is 73.0 Å². The van der Waals surface area contributed by atoms with Crippen molar-refractivity contribution in [3.8, 4) is 5.75 Å². The Balaban J connectivity index is 1.35. The zero-order valence-electron chi connectivity index (χ0n) is 20.4.